The van der Waals surface area contributed by atoms with Crippen LogP contribution in [0.4, 0.5) is 11.4 Å². The molecular weight excluding hydrogens is 392 g/mol. The molecule has 0 aromatic heterocycles. The van der Waals surface area contributed by atoms with Gasteiger partial charge in [-0.2, -0.15) is 0 Å². The fraction of sp³-hybridized carbons (Fsp3) is 0.200. The summed E-state index contributed by atoms with van der Waals surface area (Å²) in [4.78, 5) is 25.6. The highest BCUT2D eigenvalue weighted by Gasteiger charge is 2.17. The van der Waals surface area contributed by atoms with Crippen molar-refractivity contribution in [2.75, 3.05) is 17.7 Å². The molecule has 0 fully saturated rings. The highest BCUT2D eigenvalue weighted by atomic mass is 16.5. The third-order valence-corrected chi connectivity index (χ3v) is 4.82. The zero-order valence-corrected chi connectivity index (χ0v) is 18.0. The van der Waals surface area contributed by atoms with Crippen LogP contribution in [0.1, 0.15) is 47.1 Å². The largest absolute Gasteiger partial charge is 0.508 e. The van der Waals surface area contributed by atoms with Gasteiger partial charge in [0.1, 0.15) is 11.5 Å². The lowest BCUT2D eigenvalue weighted by Gasteiger charge is -2.19. The number of nitrogens with one attached hydrogen (secondary N) is 2. The molecule has 0 aliphatic rings. The maximum absolute atomic E-state index is 12.8. The first-order chi connectivity index (χ1) is 14.7. The molecule has 3 aromatic carbocycles. The summed E-state index contributed by atoms with van der Waals surface area (Å²) >= 11 is 0. The lowest BCUT2D eigenvalue weighted by Crippen LogP contribution is -2.18. The van der Waals surface area contributed by atoms with E-state index in [0.717, 1.165) is 5.56 Å². The van der Waals surface area contributed by atoms with Crippen LogP contribution in [0.5, 0.6) is 11.5 Å². The van der Waals surface area contributed by atoms with Crippen LogP contribution in [0.2, 0.25) is 0 Å². The van der Waals surface area contributed by atoms with E-state index in [1.165, 1.54) is 19.2 Å². The minimum absolute atomic E-state index is 0.00571. The third-order valence-electron chi connectivity index (χ3n) is 4.82. The van der Waals surface area contributed by atoms with Crippen LogP contribution in [0.25, 0.3) is 0 Å². The highest BCUT2D eigenvalue weighted by Crippen LogP contribution is 2.26. The smallest absolute Gasteiger partial charge is 0.257 e. The summed E-state index contributed by atoms with van der Waals surface area (Å²) in [6, 6.07) is 18.6. The number of benzene rings is 3. The van der Waals surface area contributed by atoms with Gasteiger partial charge in [-0.3, -0.25) is 9.59 Å². The van der Waals surface area contributed by atoms with E-state index >= 15 is 0 Å². The predicted molar refractivity (Wildman–Crippen MR) is 122 cm³/mol. The standard InChI is InChI=1S/C25H26N2O4/c1-25(2,3)17-11-9-16(10-12-17)23(29)27-22-8-6-5-7-21(22)24(30)26-18-13-19(28)15-20(14-18)31-4/h5-15,28H,1-4H3,(H,26,30)(H,27,29). The molecule has 160 valence electrons. The lowest BCUT2D eigenvalue weighted by molar-refractivity contribution is 0.102. The summed E-state index contributed by atoms with van der Waals surface area (Å²) < 4.78 is 5.11. The van der Waals surface area contributed by atoms with Gasteiger partial charge in [0, 0.05) is 29.4 Å². The molecule has 0 bridgehead atoms. The molecule has 0 aliphatic carbocycles. The van der Waals surface area contributed by atoms with E-state index in [-0.39, 0.29) is 17.1 Å². The number of anilines is 2. The number of rotatable bonds is 5. The molecule has 31 heavy (non-hydrogen) atoms. The molecule has 0 unspecified atom stereocenters. The van der Waals surface area contributed by atoms with Gasteiger partial charge in [0.05, 0.1) is 18.4 Å². The van der Waals surface area contributed by atoms with E-state index in [1.54, 1.807) is 42.5 Å². The minimum atomic E-state index is -0.424. The van der Waals surface area contributed by atoms with Crippen molar-refractivity contribution in [3.8, 4) is 11.5 Å². The van der Waals surface area contributed by atoms with E-state index in [1.807, 2.05) is 12.1 Å². The number of carbonyl (C=O) groups is 2. The average molecular weight is 418 g/mol. The molecule has 2 amide bonds. The Labute approximate surface area is 181 Å². The molecule has 0 heterocycles. The van der Waals surface area contributed by atoms with Crippen LogP contribution in [0.15, 0.2) is 66.7 Å². The zero-order chi connectivity index (χ0) is 22.6. The van der Waals surface area contributed by atoms with Gasteiger partial charge < -0.3 is 20.5 Å². The fourth-order valence-electron chi connectivity index (χ4n) is 3.08. The van der Waals surface area contributed by atoms with Crippen LogP contribution >= 0.6 is 0 Å². The number of carbonyl (C=O) groups excluding carboxylic acids is 2. The number of phenols is 1. The maximum atomic E-state index is 12.8. The van der Waals surface area contributed by atoms with E-state index in [0.29, 0.717) is 28.3 Å². The second kappa shape index (κ2) is 8.92. The van der Waals surface area contributed by atoms with Gasteiger partial charge in [0.15, 0.2) is 0 Å². The Bertz CT molecular complexity index is 1100. The van der Waals surface area contributed by atoms with E-state index < -0.39 is 5.91 Å². The van der Waals surface area contributed by atoms with Crippen molar-refractivity contribution in [3.05, 3.63) is 83.4 Å². The Kier molecular flexibility index (Phi) is 6.30. The first-order valence-corrected chi connectivity index (χ1v) is 9.87. The molecule has 0 saturated heterocycles. The number of ether oxygens (including phenoxy) is 1. The molecule has 0 atom stereocenters. The Morgan fingerprint density at radius 1 is 0.871 bits per heavy atom. The molecule has 6 heteroatoms. The SMILES string of the molecule is COc1cc(O)cc(NC(=O)c2ccccc2NC(=O)c2ccc(C(C)(C)C)cc2)c1. The maximum Gasteiger partial charge on any atom is 0.257 e. The average Bonchev–Trinajstić information content (AvgIpc) is 2.73. The Balaban J connectivity index is 1.79. The van der Waals surface area contributed by atoms with Crippen molar-refractivity contribution in [2.45, 2.75) is 26.2 Å². The van der Waals surface area contributed by atoms with Crippen LogP contribution < -0.4 is 15.4 Å². The summed E-state index contributed by atoms with van der Waals surface area (Å²) in [5.41, 5.74) is 2.68. The van der Waals surface area contributed by atoms with Crippen molar-refractivity contribution in [2.24, 2.45) is 0 Å². The summed E-state index contributed by atoms with van der Waals surface area (Å²) in [7, 11) is 1.47. The van der Waals surface area contributed by atoms with Gasteiger partial charge >= 0.3 is 0 Å². The number of amides is 2. The van der Waals surface area contributed by atoms with Crippen molar-refractivity contribution < 1.29 is 19.4 Å². The van der Waals surface area contributed by atoms with Crippen molar-refractivity contribution in [1.29, 1.82) is 0 Å². The molecule has 0 radical (unpaired) electrons. The van der Waals surface area contributed by atoms with Crippen LogP contribution in [0, 0.1) is 0 Å². The lowest BCUT2D eigenvalue weighted by atomic mass is 9.86. The molecule has 0 saturated carbocycles. The number of aromatic hydroxyl groups is 1. The molecule has 3 rings (SSSR count). The number of para-hydroxylation sites is 1. The van der Waals surface area contributed by atoms with Gasteiger partial charge in [0.2, 0.25) is 0 Å². The molecule has 3 aromatic rings. The number of hydrogen-bond donors (Lipinski definition) is 3. The van der Waals surface area contributed by atoms with Crippen molar-refractivity contribution in [1.82, 2.24) is 0 Å². The molecule has 0 spiro atoms. The van der Waals surface area contributed by atoms with Gasteiger partial charge in [-0.05, 0) is 35.2 Å². The number of methoxy groups -OCH3 is 1. The Hall–Kier alpha value is -3.80. The zero-order valence-electron chi connectivity index (χ0n) is 18.0. The molecule has 3 N–H and O–H groups in total. The Morgan fingerprint density at radius 2 is 1.55 bits per heavy atom. The van der Waals surface area contributed by atoms with Gasteiger partial charge in [-0.15, -0.1) is 0 Å². The van der Waals surface area contributed by atoms with Crippen molar-refractivity contribution in [3.63, 3.8) is 0 Å². The molecule has 6 nitrogen and oxygen atoms in total. The van der Waals surface area contributed by atoms with E-state index in [4.69, 9.17) is 4.74 Å². The summed E-state index contributed by atoms with van der Waals surface area (Å²) in [6.45, 7) is 6.33. The van der Waals surface area contributed by atoms with Gasteiger partial charge in [-0.1, -0.05) is 45.0 Å². The first kappa shape index (κ1) is 21.9. The van der Waals surface area contributed by atoms with Gasteiger partial charge in [-0.25, -0.2) is 0 Å². The topological polar surface area (TPSA) is 87.7 Å². The first-order valence-electron chi connectivity index (χ1n) is 9.87. The summed E-state index contributed by atoms with van der Waals surface area (Å²) in [5, 5.41) is 15.3. The number of hydrogen-bond acceptors (Lipinski definition) is 4. The number of phenolic OH excluding ortho intramolecular Hbond substituents is 1. The fourth-order valence-corrected chi connectivity index (χ4v) is 3.08. The minimum Gasteiger partial charge on any atom is -0.508 e. The van der Waals surface area contributed by atoms with Crippen LogP contribution in [-0.4, -0.2) is 24.0 Å². The normalized spacial score (nSPS) is 11.0. The summed E-state index contributed by atoms with van der Waals surface area (Å²) in [5.74, 6) is -0.350. The second-order valence-electron chi connectivity index (χ2n) is 8.20. The molecular formula is C25H26N2O4. The summed E-state index contributed by atoms with van der Waals surface area (Å²) in [6.07, 6.45) is 0. The highest BCUT2D eigenvalue weighted by molar-refractivity contribution is 6.12. The van der Waals surface area contributed by atoms with E-state index in [9.17, 15) is 14.7 Å². The monoisotopic (exact) mass is 418 g/mol. The van der Waals surface area contributed by atoms with Gasteiger partial charge in [0.25, 0.3) is 11.8 Å². The van der Waals surface area contributed by atoms with Crippen molar-refractivity contribution >= 4 is 23.2 Å². The third kappa shape index (κ3) is 5.42. The molecule has 0 aliphatic heterocycles. The van der Waals surface area contributed by atoms with Crippen LogP contribution in [0.3, 0.4) is 0 Å². The second-order valence-corrected chi connectivity index (χ2v) is 8.20. The Morgan fingerprint density at radius 3 is 2.19 bits per heavy atom. The quantitative estimate of drug-likeness (QED) is 0.531. The van der Waals surface area contributed by atoms with E-state index in [2.05, 4.69) is 31.4 Å². The predicted octanol–water partition coefficient (Wildman–Crippen LogP) is 5.20. The van der Waals surface area contributed by atoms with Crippen LogP contribution in [-0.2, 0) is 5.41 Å².